The molecule has 4 rings (SSSR count). The van der Waals surface area contributed by atoms with Gasteiger partial charge in [0.2, 0.25) is 0 Å². The number of aryl methyl sites for hydroxylation is 1. The number of hydrogen-bond acceptors (Lipinski definition) is 7. The number of aliphatic hydroxyl groups is 1. The average molecular weight is 380 g/mol. The Morgan fingerprint density at radius 3 is 3.08 bits per heavy atom. The quantitative estimate of drug-likeness (QED) is 0.637. The summed E-state index contributed by atoms with van der Waals surface area (Å²) in [5.41, 5.74) is 1.46. The van der Waals surface area contributed by atoms with Crippen LogP contribution in [0.1, 0.15) is 23.8 Å². The SMILES string of the molecule is C[C@@H]1CCc2c(sc3ncnc(SC[C@@H](O)CN4CCOCC4)c23)C1. The van der Waals surface area contributed by atoms with E-state index in [1.165, 1.54) is 28.7 Å². The van der Waals surface area contributed by atoms with Crippen molar-refractivity contribution in [1.82, 2.24) is 14.9 Å². The summed E-state index contributed by atoms with van der Waals surface area (Å²) in [6, 6.07) is 0. The Kier molecular flexibility index (Phi) is 5.57. The molecule has 7 heteroatoms. The Bertz CT molecular complexity index is 730. The van der Waals surface area contributed by atoms with Crippen molar-refractivity contribution in [3.63, 3.8) is 0 Å². The van der Waals surface area contributed by atoms with Crippen LogP contribution in [0, 0.1) is 5.92 Å². The summed E-state index contributed by atoms with van der Waals surface area (Å²) in [5.74, 6) is 1.43. The number of aromatic nitrogens is 2. The van der Waals surface area contributed by atoms with E-state index in [0.717, 1.165) is 48.5 Å². The van der Waals surface area contributed by atoms with Crippen LogP contribution in [0.4, 0.5) is 0 Å². The van der Waals surface area contributed by atoms with Crippen molar-refractivity contribution in [2.24, 2.45) is 5.92 Å². The summed E-state index contributed by atoms with van der Waals surface area (Å²) in [6.07, 6.45) is 4.87. The molecule has 1 aliphatic carbocycles. The number of β-amino-alcohol motifs (C(OH)–C–C–N with tert-alkyl or cyclic N) is 1. The minimum Gasteiger partial charge on any atom is -0.391 e. The molecule has 2 atom stereocenters. The minimum absolute atomic E-state index is 0.345. The molecule has 0 spiro atoms. The van der Waals surface area contributed by atoms with Gasteiger partial charge < -0.3 is 9.84 Å². The number of morpholine rings is 1. The van der Waals surface area contributed by atoms with E-state index in [-0.39, 0.29) is 6.10 Å². The number of fused-ring (bicyclic) bond motifs is 3. The van der Waals surface area contributed by atoms with Gasteiger partial charge in [-0.2, -0.15) is 0 Å². The summed E-state index contributed by atoms with van der Waals surface area (Å²) in [6.45, 7) is 6.41. The van der Waals surface area contributed by atoms with E-state index in [1.54, 1.807) is 18.1 Å². The van der Waals surface area contributed by atoms with Gasteiger partial charge in [0, 0.05) is 35.7 Å². The fraction of sp³-hybridized carbons (Fsp3) is 0.667. The number of rotatable bonds is 5. The molecule has 0 radical (unpaired) electrons. The van der Waals surface area contributed by atoms with E-state index >= 15 is 0 Å². The van der Waals surface area contributed by atoms with Crippen LogP contribution < -0.4 is 0 Å². The summed E-state index contributed by atoms with van der Waals surface area (Å²) < 4.78 is 5.37. The molecule has 3 heterocycles. The first-order valence-electron chi connectivity index (χ1n) is 9.07. The molecule has 136 valence electrons. The monoisotopic (exact) mass is 379 g/mol. The zero-order valence-corrected chi connectivity index (χ0v) is 16.2. The number of thioether (sulfide) groups is 1. The standard InChI is InChI=1S/C18H25N3O2S2/c1-12-2-3-14-15(8-12)25-18-16(14)17(19-11-20-18)24-10-13(22)9-21-4-6-23-7-5-21/h11-13,22H,2-10H2,1H3/t12-,13+/m1/s1. The number of hydrogen-bond donors (Lipinski definition) is 1. The minimum atomic E-state index is -0.345. The van der Waals surface area contributed by atoms with Gasteiger partial charge in [0.25, 0.3) is 0 Å². The van der Waals surface area contributed by atoms with Crippen LogP contribution in [0.3, 0.4) is 0 Å². The van der Waals surface area contributed by atoms with E-state index in [0.29, 0.717) is 12.3 Å². The van der Waals surface area contributed by atoms with Crippen molar-refractivity contribution in [3.05, 3.63) is 16.8 Å². The third kappa shape index (κ3) is 4.01. The third-order valence-corrected chi connectivity index (χ3v) is 7.34. The largest absolute Gasteiger partial charge is 0.391 e. The highest BCUT2D eigenvalue weighted by Gasteiger charge is 2.23. The van der Waals surface area contributed by atoms with Crippen LogP contribution in [-0.4, -0.2) is 64.7 Å². The Morgan fingerprint density at radius 2 is 2.24 bits per heavy atom. The molecule has 0 saturated carbocycles. The van der Waals surface area contributed by atoms with Crippen molar-refractivity contribution in [3.8, 4) is 0 Å². The fourth-order valence-electron chi connectivity index (χ4n) is 3.67. The molecular weight excluding hydrogens is 354 g/mol. The second kappa shape index (κ2) is 7.88. The lowest BCUT2D eigenvalue weighted by Crippen LogP contribution is -2.41. The first-order valence-corrected chi connectivity index (χ1v) is 10.9. The van der Waals surface area contributed by atoms with Crippen LogP contribution in [-0.2, 0) is 17.6 Å². The fourth-order valence-corrected chi connectivity index (χ4v) is 6.02. The highest BCUT2D eigenvalue weighted by molar-refractivity contribution is 7.99. The molecule has 0 amide bonds. The molecule has 0 bridgehead atoms. The highest BCUT2D eigenvalue weighted by Crippen LogP contribution is 2.40. The van der Waals surface area contributed by atoms with Gasteiger partial charge in [0.1, 0.15) is 16.2 Å². The predicted octanol–water partition coefficient (Wildman–Crippen LogP) is 2.60. The van der Waals surface area contributed by atoms with Gasteiger partial charge in [-0.3, -0.25) is 4.90 Å². The van der Waals surface area contributed by atoms with Crippen molar-refractivity contribution in [2.45, 2.75) is 37.3 Å². The highest BCUT2D eigenvalue weighted by atomic mass is 32.2. The van der Waals surface area contributed by atoms with E-state index in [4.69, 9.17) is 4.74 Å². The van der Waals surface area contributed by atoms with E-state index < -0.39 is 0 Å². The van der Waals surface area contributed by atoms with Gasteiger partial charge in [-0.15, -0.1) is 23.1 Å². The Morgan fingerprint density at radius 1 is 1.40 bits per heavy atom. The van der Waals surface area contributed by atoms with Gasteiger partial charge in [-0.1, -0.05) is 6.92 Å². The second-order valence-electron chi connectivity index (χ2n) is 7.09. The van der Waals surface area contributed by atoms with E-state index in [1.807, 2.05) is 11.3 Å². The summed E-state index contributed by atoms with van der Waals surface area (Å²) >= 11 is 3.50. The van der Waals surface area contributed by atoms with E-state index in [9.17, 15) is 5.11 Å². The molecule has 0 unspecified atom stereocenters. The van der Waals surface area contributed by atoms with Crippen LogP contribution >= 0.6 is 23.1 Å². The Labute approximate surface area is 156 Å². The molecule has 1 aliphatic heterocycles. The lowest BCUT2D eigenvalue weighted by molar-refractivity contribution is 0.0188. The molecule has 1 N–H and O–H groups in total. The first-order chi connectivity index (χ1) is 12.2. The zero-order chi connectivity index (χ0) is 17.2. The Hall–Kier alpha value is -0.730. The number of thiophene rings is 1. The smallest absolute Gasteiger partial charge is 0.128 e. The van der Waals surface area contributed by atoms with Gasteiger partial charge in [0.05, 0.1) is 19.3 Å². The normalized spacial score (nSPS) is 22.9. The lowest BCUT2D eigenvalue weighted by atomic mass is 9.89. The maximum absolute atomic E-state index is 10.4. The number of nitrogens with zero attached hydrogens (tertiary/aromatic N) is 3. The second-order valence-corrected chi connectivity index (χ2v) is 9.18. The maximum Gasteiger partial charge on any atom is 0.128 e. The summed E-state index contributed by atoms with van der Waals surface area (Å²) in [7, 11) is 0. The molecule has 1 saturated heterocycles. The molecule has 25 heavy (non-hydrogen) atoms. The topological polar surface area (TPSA) is 58.5 Å². The number of ether oxygens (including phenoxy) is 1. The van der Waals surface area contributed by atoms with Gasteiger partial charge >= 0.3 is 0 Å². The van der Waals surface area contributed by atoms with Crippen LogP contribution in [0.25, 0.3) is 10.2 Å². The molecule has 2 aromatic rings. The van der Waals surface area contributed by atoms with Crippen LogP contribution in [0.15, 0.2) is 11.4 Å². The summed E-state index contributed by atoms with van der Waals surface area (Å²) in [4.78, 5) is 13.9. The molecule has 1 fully saturated rings. The number of aliphatic hydroxyl groups excluding tert-OH is 1. The summed E-state index contributed by atoms with van der Waals surface area (Å²) in [5, 5.41) is 12.7. The first kappa shape index (κ1) is 17.7. The van der Waals surface area contributed by atoms with Crippen LogP contribution in [0.2, 0.25) is 0 Å². The maximum atomic E-state index is 10.4. The van der Waals surface area contributed by atoms with Crippen molar-refractivity contribution < 1.29 is 9.84 Å². The molecular formula is C18H25N3O2S2. The van der Waals surface area contributed by atoms with Crippen molar-refractivity contribution in [2.75, 3.05) is 38.6 Å². The van der Waals surface area contributed by atoms with Gasteiger partial charge in [-0.25, -0.2) is 9.97 Å². The molecule has 2 aromatic heterocycles. The van der Waals surface area contributed by atoms with Crippen LogP contribution in [0.5, 0.6) is 0 Å². The molecule has 5 nitrogen and oxygen atoms in total. The zero-order valence-electron chi connectivity index (χ0n) is 14.6. The lowest BCUT2D eigenvalue weighted by Gasteiger charge is -2.28. The molecule has 0 aromatic carbocycles. The predicted molar refractivity (Wildman–Crippen MR) is 103 cm³/mol. The van der Waals surface area contributed by atoms with E-state index in [2.05, 4.69) is 21.8 Å². The van der Waals surface area contributed by atoms with Gasteiger partial charge in [0.15, 0.2) is 0 Å². The third-order valence-electron chi connectivity index (χ3n) is 5.04. The Balaban J connectivity index is 1.46. The van der Waals surface area contributed by atoms with Gasteiger partial charge in [-0.05, 0) is 30.7 Å². The van der Waals surface area contributed by atoms with Crippen molar-refractivity contribution in [1.29, 1.82) is 0 Å². The average Bonchev–Trinajstić information content (AvgIpc) is 2.98. The van der Waals surface area contributed by atoms with Crippen molar-refractivity contribution >= 4 is 33.3 Å². The molecule has 2 aliphatic rings.